The molecule has 0 saturated heterocycles. The zero-order chi connectivity index (χ0) is 12.7. The predicted octanol–water partition coefficient (Wildman–Crippen LogP) is 3.88. The molecular formula is C14H21F2N. The Labute approximate surface area is 102 Å². The van der Waals surface area contributed by atoms with Crippen LogP contribution in [0.4, 0.5) is 8.78 Å². The van der Waals surface area contributed by atoms with Gasteiger partial charge in [-0.25, -0.2) is 8.78 Å². The zero-order valence-electron chi connectivity index (χ0n) is 10.6. The van der Waals surface area contributed by atoms with Gasteiger partial charge in [0.25, 0.3) is 0 Å². The van der Waals surface area contributed by atoms with Crippen molar-refractivity contribution < 1.29 is 8.78 Å². The van der Waals surface area contributed by atoms with Gasteiger partial charge in [0.15, 0.2) is 11.6 Å². The van der Waals surface area contributed by atoms with Crippen LogP contribution < -0.4 is 5.32 Å². The predicted molar refractivity (Wildman–Crippen MR) is 66.8 cm³/mol. The van der Waals surface area contributed by atoms with Crippen LogP contribution in [0.15, 0.2) is 18.2 Å². The summed E-state index contributed by atoms with van der Waals surface area (Å²) in [6, 6.07) is 4.03. The fourth-order valence-electron chi connectivity index (χ4n) is 1.68. The summed E-state index contributed by atoms with van der Waals surface area (Å²) in [7, 11) is 0. The molecule has 1 aromatic carbocycles. The van der Waals surface area contributed by atoms with E-state index in [1.807, 2.05) is 0 Å². The fraction of sp³-hybridized carbons (Fsp3) is 0.571. The van der Waals surface area contributed by atoms with Crippen LogP contribution in [-0.4, -0.2) is 6.54 Å². The highest BCUT2D eigenvalue weighted by atomic mass is 19.2. The highest BCUT2D eigenvalue weighted by Gasteiger charge is 2.01. The van der Waals surface area contributed by atoms with Crippen LogP contribution in [0.2, 0.25) is 0 Å². The smallest absolute Gasteiger partial charge is 0.159 e. The summed E-state index contributed by atoms with van der Waals surface area (Å²) in [6.07, 6.45) is 3.58. The molecule has 0 aliphatic heterocycles. The number of hydrogen-bond donors (Lipinski definition) is 1. The van der Waals surface area contributed by atoms with Crippen molar-refractivity contribution in [3.8, 4) is 0 Å². The third kappa shape index (κ3) is 5.78. The second-order valence-corrected chi connectivity index (χ2v) is 4.81. The van der Waals surface area contributed by atoms with E-state index in [1.54, 1.807) is 6.07 Å². The van der Waals surface area contributed by atoms with Crippen molar-refractivity contribution >= 4 is 0 Å². The number of unbranched alkanes of at least 4 members (excludes halogenated alkanes) is 1. The Morgan fingerprint density at radius 1 is 1.12 bits per heavy atom. The van der Waals surface area contributed by atoms with E-state index in [-0.39, 0.29) is 0 Å². The summed E-state index contributed by atoms with van der Waals surface area (Å²) in [4.78, 5) is 0. The summed E-state index contributed by atoms with van der Waals surface area (Å²) in [6.45, 7) is 5.95. The molecule has 0 spiro atoms. The second-order valence-electron chi connectivity index (χ2n) is 4.81. The van der Waals surface area contributed by atoms with Gasteiger partial charge in [-0.2, -0.15) is 0 Å². The molecular weight excluding hydrogens is 220 g/mol. The second kappa shape index (κ2) is 7.38. The van der Waals surface area contributed by atoms with Gasteiger partial charge in [-0.1, -0.05) is 32.8 Å². The lowest BCUT2D eigenvalue weighted by atomic mass is 10.1. The van der Waals surface area contributed by atoms with Crippen molar-refractivity contribution in [2.45, 2.75) is 39.7 Å². The fourth-order valence-corrected chi connectivity index (χ4v) is 1.68. The maximum Gasteiger partial charge on any atom is 0.159 e. The molecule has 1 nitrogen and oxygen atoms in total. The molecule has 0 bridgehead atoms. The summed E-state index contributed by atoms with van der Waals surface area (Å²) < 4.78 is 25.6. The molecule has 0 amide bonds. The van der Waals surface area contributed by atoms with Gasteiger partial charge in [0.1, 0.15) is 0 Å². The Morgan fingerprint density at radius 2 is 1.88 bits per heavy atom. The summed E-state index contributed by atoms with van der Waals surface area (Å²) in [5.41, 5.74) is 0.785. The lowest BCUT2D eigenvalue weighted by Gasteiger charge is -2.06. The molecule has 0 fully saturated rings. The minimum Gasteiger partial charge on any atom is -0.313 e. The van der Waals surface area contributed by atoms with Crippen LogP contribution in [0.1, 0.15) is 38.7 Å². The minimum absolute atomic E-state index is 0.596. The van der Waals surface area contributed by atoms with Crippen molar-refractivity contribution in [2.75, 3.05) is 6.54 Å². The normalized spacial score (nSPS) is 11.1. The maximum absolute atomic E-state index is 12.9. The van der Waals surface area contributed by atoms with E-state index < -0.39 is 11.6 Å². The quantitative estimate of drug-likeness (QED) is 0.714. The van der Waals surface area contributed by atoms with Crippen molar-refractivity contribution in [2.24, 2.45) is 5.92 Å². The van der Waals surface area contributed by atoms with E-state index in [1.165, 1.54) is 25.0 Å². The first-order chi connectivity index (χ1) is 8.09. The maximum atomic E-state index is 12.9. The lowest BCUT2D eigenvalue weighted by molar-refractivity contribution is 0.503. The summed E-state index contributed by atoms with van der Waals surface area (Å²) in [5, 5.41) is 3.23. The van der Waals surface area contributed by atoms with E-state index in [0.717, 1.165) is 24.4 Å². The highest BCUT2D eigenvalue weighted by Crippen LogP contribution is 2.09. The van der Waals surface area contributed by atoms with Gasteiger partial charge < -0.3 is 5.32 Å². The van der Waals surface area contributed by atoms with Crippen LogP contribution in [0.25, 0.3) is 0 Å². The summed E-state index contributed by atoms with van der Waals surface area (Å²) >= 11 is 0. The highest BCUT2D eigenvalue weighted by molar-refractivity contribution is 5.17. The standard InChI is InChI=1S/C14H21F2N/c1-11(2)5-3-4-8-17-10-12-6-7-13(15)14(16)9-12/h6-7,9,11,17H,3-5,8,10H2,1-2H3. The molecule has 0 atom stereocenters. The Hall–Kier alpha value is -0.960. The van der Waals surface area contributed by atoms with E-state index in [9.17, 15) is 8.78 Å². The molecule has 3 heteroatoms. The first kappa shape index (κ1) is 14.1. The molecule has 17 heavy (non-hydrogen) atoms. The molecule has 0 radical (unpaired) electrons. The number of rotatable bonds is 7. The van der Waals surface area contributed by atoms with Crippen molar-refractivity contribution in [1.82, 2.24) is 5.32 Å². The molecule has 0 saturated carbocycles. The van der Waals surface area contributed by atoms with Gasteiger partial charge in [-0.3, -0.25) is 0 Å². The Balaban J connectivity index is 2.16. The van der Waals surface area contributed by atoms with Crippen LogP contribution in [0, 0.1) is 17.6 Å². The average Bonchev–Trinajstić information content (AvgIpc) is 2.27. The van der Waals surface area contributed by atoms with E-state index >= 15 is 0 Å². The van der Waals surface area contributed by atoms with Crippen molar-refractivity contribution in [3.05, 3.63) is 35.4 Å². The molecule has 96 valence electrons. The molecule has 0 aliphatic rings. The molecule has 0 heterocycles. The third-order valence-corrected chi connectivity index (χ3v) is 2.70. The van der Waals surface area contributed by atoms with E-state index in [4.69, 9.17) is 0 Å². The Kier molecular flexibility index (Phi) is 6.12. The lowest BCUT2D eigenvalue weighted by Crippen LogP contribution is -2.15. The third-order valence-electron chi connectivity index (χ3n) is 2.70. The summed E-state index contributed by atoms with van der Waals surface area (Å²) in [5.74, 6) is -0.809. The van der Waals surface area contributed by atoms with Crippen LogP contribution >= 0.6 is 0 Å². The molecule has 0 aromatic heterocycles. The van der Waals surface area contributed by atoms with Gasteiger partial charge >= 0.3 is 0 Å². The monoisotopic (exact) mass is 241 g/mol. The SMILES string of the molecule is CC(C)CCCCNCc1ccc(F)c(F)c1. The molecule has 1 rings (SSSR count). The number of nitrogens with one attached hydrogen (secondary N) is 1. The van der Waals surface area contributed by atoms with Gasteiger partial charge in [0, 0.05) is 6.54 Å². The first-order valence-corrected chi connectivity index (χ1v) is 6.24. The van der Waals surface area contributed by atoms with Crippen LogP contribution in [-0.2, 0) is 6.54 Å². The van der Waals surface area contributed by atoms with Crippen molar-refractivity contribution in [1.29, 1.82) is 0 Å². The van der Waals surface area contributed by atoms with Crippen LogP contribution in [0.5, 0.6) is 0 Å². The largest absolute Gasteiger partial charge is 0.313 e. The Bertz CT molecular complexity index is 337. The molecule has 0 aliphatic carbocycles. The number of hydrogen-bond acceptors (Lipinski definition) is 1. The van der Waals surface area contributed by atoms with Gasteiger partial charge in [0.05, 0.1) is 0 Å². The first-order valence-electron chi connectivity index (χ1n) is 6.24. The van der Waals surface area contributed by atoms with Crippen LogP contribution in [0.3, 0.4) is 0 Å². The Morgan fingerprint density at radius 3 is 2.53 bits per heavy atom. The van der Waals surface area contributed by atoms with Gasteiger partial charge in [0.2, 0.25) is 0 Å². The van der Waals surface area contributed by atoms with E-state index in [2.05, 4.69) is 19.2 Å². The molecule has 0 unspecified atom stereocenters. The molecule has 1 N–H and O–H groups in total. The minimum atomic E-state index is -0.786. The zero-order valence-corrected chi connectivity index (χ0v) is 10.6. The van der Waals surface area contributed by atoms with Crippen molar-refractivity contribution in [3.63, 3.8) is 0 Å². The number of benzene rings is 1. The average molecular weight is 241 g/mol. The van der Waals surface area contributed by atoms with Gasteiger partial charge in [-0.15, -0.1) is 0 Å². The topological polar surface area (TPSA) is 12.0 Å². The van der Waals surface area contributed by atoms with Gasteiger partial charge in [-0.05, 0) is 36.6 Å². The van der Waals surface area contributed by atoms with E-state index in [0.29, 0.717) is 6.54 Å². The number of halogens is 2. The molecule has 1 aromatic rings.